The van der Waals surface area contributed by atoms with Crippen LogP contribution >= 0.6 is 11.6 Å². The van der Waals surface area contributed by atoms with E-state index in [1.165, 1.54) is 0 Å². The van der Waals surface area contributed by atoms with Crippen LogP contribution in [0.5, 0.6) is 5.75 Å². The number of methoxy groups -OCH3 is 1. The van der Waals surface area contributed by atoms with Crippen LogP contribution in [-0.2, 0) is 0 Å². The van der Waals surface area contributed by atoms with Gasteiger partial charge in [0.15, 0.2) is 0 Å². The van der Waals surface area contributed by atoms with Gasteiger partial charge in [-0.3, -0.25) is 4.40 Å². The second kappa shape index (κ2) is 4.29. The maximum Gasteiger partial charge on any atom is 0.141 e. The second-order valence-corrected chi connectivity index (χ2v) is 3.73. The monoisotopic (exact) mass is 241 g/mol. The SMILES string of the molecule is COc1ccn2c(Cl)c(C(N)CO)nc2c1. The summed E-state index contributed by atoms with van der Waals surface area (Å²) in [6.07, 6.45) is 1.75. The van der Waals surface area contributed by atoms with Crippen LogP contribution in [0, 0.1) is 0 Å². The lowest BCUT2D eigenvalue weighted by Crippen LogP contribution is -2.15. The molecule has 6 heteroatoms. The average Bonchev–Trinajstić information content (AvgIpc) is 2.65. The van der Waals surface area contributed by atoms with Crippen molar-refractivity contribution in [1.29, 1.82) is 0 Å². The molecule has 0 bridgehead atoms. The topological polar surface area (TPSA) is 72.8 Å². The van der Waals surface area contributed by atoms with Gasteiger partial charge in [-0.25, -0.2) is 4.98 Å². The first-order valence-corrected chi connectivity index (χ1v) is 5.13. The van der Waals surface area contributed by atoms with Crippen LogP contribution in [0.3, 0.4) is 0 Å². The number of aliphatic hydroxyl groups is 1. The number of aliphatic hydroxyl groups excluding tert-OH is 1. The standard InChI is InChI=1S/C10H12ClN3O2/c1-16-6-2-3-14-8(4-6)13-9(10(14)11)7(12)5-15/h2-4,7,15H,5,12H2,1H3. The predicted octanol–water partition coefficient (Wildman–Crippen LogP) is 0.988. The fraction of sp³-hybridized carbons (Fsp3) is 0.300. The van der Waals surface area contributed by atoms with Gasteiger partial charge in [-0.1, -0.05) is 11.6 Å². The van der Waals surface area contributed by atoms with Gasteiger partial charge in [0.05, 0.1) is 25.5 Å². The van der Waals surface area contributed by atoms with Crippen molar-refractivity contribution in [2.24, 2.45) is 5.73 Å². The lowest BCUT2D eigenvalue weighted by atomic mass is 10.2. The highest BCUT2D eigenvalue weighted by molar-refractivity contribution is 6.30. The minimum absolute atomic E-state index is 0.194. The number of hydrogen-bond acceptors (Lipinski definition) is 4. The molecule has 0 saturated carbocycles. The van der Waals surface area contributed by atoms with Crippen molar-refractivity contribution in [3.63, 3.8) is 0 Å². The van der Waals surface area contributed by atoms with Crippen molar-refractivity contribution in [3.05, 3.63) is 29.2 Å². The zero-order valence-corrected chi connectivity index (χ0v) is 9.48. The first kappa shape index (κ1) is 11.2. The molecule has 0 saturated heterocycles. The van der Waals surface area contributed by atoms with Crippen molar-refractivity contribution in [1.82, 2.24) is 9.38 Å². The van der Waals surface area contributed by atoms with Crippen molar-refractivity contribution < 1.29 is 9.84 Å². The van der Waals surface area contributed by atoms with Crippen LogP contribution in [0.2, 0.25) is 5.15 Å². The number of nitrogens with two attached hydrogens (primary N) is 1. The fourth-order valence-electron chi connectivity index (χ4n) is 1.46. The third-order valence-electron chi connectivity index (χ3n) is 2.35. The third-order valence-corrected chi connectivity index (χ3v) is 2.72. The highest BCUT2D eigenvalue weighted by Gasteiger charge is 2.16. The summed E-state index contributed by atoms with van der Waals surface area (Å²) >= 11 is 6.09. The molecule has 2 rings (SSSR count). The quantitative estimate of drug-likeness (QED) is 0.841. The van der Waals surface area contributed by atoms with Crippen LogP contribution in [0.15, 0.2) is 18.3 Å². The molecule has 16 heavy (non-hydrogen) atoms. The van der Waals surface area contributed by atoms with Crippen LogP contribution in [-0.4, -0.2) is 28.2 Å². The van der Waals surface area contributed by atoms with Gasteiger partial charge in [0.2, 0.25) is 0 Å². The van der Waals surface area contributed by atoms with Crippen LogP contribution < -0.4 is 10.5 Å². The molecule has 3 N–H and O–H groups in total. The Balaban J connectivity index is 2.58. The van der Waals surface area contributed by atoms with Gasteiger partial charge in [-0.15, -0.1) is 0 Å². The molecule has 2 aromatic heterocycles. The molecule has 2 aromatic rings. The van der Waals surface area contributed by atoms with E-state index in [0.29, 0.717) is 22.2 Å². The summed E-state index contributed by atoms with van der Waals surface area (Å²) in [5, 5.41) is 9.40. The van der Waals surface area contributed by atoms with Gasteiger partial charge in [-0.2, -0.15) is 0 Å². The first-order chi connectivity index (χ1) is 7.67. The molecule has 0 fully saturated rings. The molecule has 0 aliphatic carbocycles. The Morgan fingerprint density at radius 3 is 3.06 bits per heavy atom. The predicted molar refractivity (Wildman–Crippen MR) is 60.8 cm³/mol. The number of hydrogen-bond donors (Lipinski definition) is 2. The molecule has 2 heterocycles. The van der Waals surface area contributed by atoms with E-state index in [-0.39, 0.29) is 6.61 Å². The average molecular weight is 242 g/mol. The van der Waals surface area contributed by atoms with Crippen molar-refractivity contribution in [2.45, 2.75) is 6.04 Å². The summed E-state index contributed by atoms with van der Waals surface area (Å²) in [5.74, 6) is 0.693. The Morgan fingerprint density at radius 2 is 2.44 bits per heavy atom. The third kappa shape index (κ3) is 1.73. The highest BCUT2D eigenvalue weighted by atomic mass is 35.5. The molecule has 0 aliphatic rings. The Morgan fingerprint density at radius 1 is 1.69 bits per heavy atom. The molecular formula is C10H12ClN3O2. The zero-order valence-electron chi connectivity index (χ0n) is 8.72. The fourth-order valence-corrected chi connectivity index (χ4v) is 1.79. The second-order valence-electron chi connectivity index (χ2n) is 3.37. The number of pyridine rings is 1. The summed E-state index contributed by atoms with van der Waals surface area (Å²) in [7, 11) is 1.58. The normalized spacial score (nSPS) is 13.0. The molecular weight excluding hydrogens is 230 g/mol. The van der Waals surface area contributed by atoms with Gasteiger partial charge in [0.1, 0.15) is 16.5 Å². The van der Waals surface area contributed by atoms with Crippen LogP contribution in [0.4, 0.5) is 0 Å². The number of imidazole rings is 1. The summed E-state index contributed by atoms with van der Waals surface area (Å²) in [6, 6.07) is 2.95. The van der Waals surface area contributed by atoms with E-state index in [2.05, 4.69) is 4.98 Å². The highest BCUT2D eigenvalue weighted by Crippen LogP contribution is 2.24. The van der Waals surface area contributed by atoms with Crippen molar-refractivity contribution in [3.8, 4) is 5.75 Å². The Bertz CT molecular complexity index is 512. The minimum Gasteiger partial charge on any atom is -0.497 e. The molecule has 0 spiro atoms. The molecule has 0 aromatic carbocycles. The lowest BCUT2D eigenvalue weighted by Gasteiger charge is -2.03. The number of aromatic nitrogens is 2. The minimum atomic E-state index is -0.571. The van der Waals surface area contributed by atoms with Gasteiger partial charge in [0, 0.05) is 12.3 Å². The number of rotatable bonds is 3. The Kier molecular flexibility index (Phi) is 3.00. The number of fused-ring (bicyclic) bond motifs is 1. The summed E-state index contributed by atoms with van der Waals surface area (Å²) < 4.78 is 6.77. The van der Waals surface area contributed by atoms with E-state index >= 15 is 0 Å². The molecule has 0 radical (unpaired) electrons. The smallest absolute Gasteiger partial charge is 0.141 e. The molecule has 1 unspecified atom stereocenters. The van der Waals surface area contributed by atoms with Crippen LogP contribution in [0.1, 0.15) is 11.7 Å². The Hall–Kier alpha value is -1.30. The first-order valence-electron chi connectivity index (χ1n) is 4.75. The van der Waals surface area contributed by atoms with E-state index < -0.39 is 6.04 Å². The van der Waals surface area contributed by atoms with Gasteiger partial charge in [0.25, 0.3) is 0 Å². The summed E-state index contributed by atoms with van der Waals surface area (Å²) in [5.41, 5.74) is 6.81. The molecule has 5 nitrogen and oxygen atoms in total. The summed E-state index contributed by atoms with van der Waals surface area (Å²) in [4.78, 5) is 4.26. The van der Waals surface area contributed by atoms with Crippen molar-refractivity contribution in [2.75, 3.05) is 13.7 Å². The van der Waals surface area contributed by atoms with E-state index in [4.69, 9.17) is 27.2 Å². The molecule has 0 amide bonds. The van der Waals surface area contributed by atoms with E-state index in [0.717, 1.165) is 0 Å². The van der Waals surface area contributed by atoms with Crippen molar-refractivity contribution >= 4 is 17.2 Å². The summed E-state index contributed by atoms with van der Waals surface area (Å²) in [6.45, 7) is -0.194. The zero-order chi connectivity index (χ0) is 11.7. The maximum atomic E-state index is 8.98. The molecule has 86 valence electrons. The number of halogens is 1. The largest absolute Gasteiger partial charge is 0.497 e. The van der Waals surface area contributed by atoms with Gasteiger partial charge < -0.3 is 15.6 Å². The van der Waals surface area contributed by atoms with E-state index in [9.17, 15) is 0 Å². The van der Waals surface area contributed by atoms with Gasteiger partial charge >= 0.3 is 0 Å². The number of ether oxygens (including phenoxy) is 1. The number of nitrogens with zero attached hydrogens (tertiary/aromatic N) is 2. The van der Waals surface area contributed by atoms with E-state index in [1.54, 1.807) is 29.8 Å². The molecule has 0 aliphatic heterocycles. The van der Waals surface area contributed by atoms with E-state index in [1.807, 2.05) is 0 Å². The lowest BCUT2D eigenvalue weighted by molar-refractivity contribution is 0.266. The maximum absolute atomic E-state index is 8.98. The Labute approximate surface area is 97.4 Å². The van der Waals surface area contributed by atoms with Gasteiger partial charge in [-0.05, 0) is 6.07 Å². The molecule has 1 atom stereocenters. The van der Waals surface area contributed by atoms with Crippen LogP contribution in [0.25, 0.3) is 5.65 Å².